The number of amidine groups is 1. The predicted molar refractivity (Wildman–Crippen MR) is 110 cm³/mol. The number of amides is 1. The van der Waals surface area contributed by atoms with Gasteiger partial charge in [-0.2, -0.15) is 0 Å². The van der Waals surface area contributed by atoms with Crippen LogP contribution in [0, 0.1) is 0 Å². The van der Waals surface area contributed by atoms with E-state index in [1.54, 1.807) is 42.5 Å². The molecule has 1 heterocycles. The van der Waals surface area contributed by atoms with Crippen LogP contribution < -0.4 is 9.47 Å². The number of hydrogen-bond donors (Lipinski definition) is 2. The largest absolute Gasteiger partial charge is 0.502 e. The Bertz CT molecular complexity index is 978. The molecule has 2 aromatic rings. The van der Waals surface area contributed by atoms with Gasteiger partial charge < -0.3 is 19.7 Å². The van der Waals surface area contributed by atoms with Crippen molar-refractivity contribution in [2.75, 3.05) is 20.8 Å². The minimum Gasteiger partial charge on any atom is -0.502 e. The van der Waals surface area contributed by atoms with Gasteiger partial charge in [0.2, 0.25) is 5.75 Å². The smallest absolute Gasteiger partial charge is 0.323 e. The summed E-state index contributed by atoms with van der Waals surface area (Å²) in [7, 11) is 2.81. The molecule has 0 aliphatic carbocycles. The van der Waals surface area contributed by atoms with Gasteiger partial charge in [0, 0.05) is 0 Å². The highest BCUT2D eigenvalue weighted by molar-refractivity contribution is 8.18. The van der Waals surface area contributed by atoms with Gasteiger partial charge in [-0.1, -0.05) is 18.2 Å². The average Bonchev–Trinajstić information content (AvgIpc) is 2.98. The highest BCUT2D eigenvalue weighted by Gasteiger charge is 2.35. The summed E-state index contributed by atoms with van der Waals surface area (Å²) in [6.45, 7) is -0.503. The zero-order chi connectivity index (χ0) is 21.0. The van der Waals surface area contributed by atoms with Crippen molar-refractivity contribution in [3.8, 4) is 17.2 Å². The summed E-state index contributed by atoms with van der Waals surface area (Å²) in [6, 6.07) is 12.0. The van der Waals surface area contributed by atoms with Crippen molar-refractivity contribution in [1.82, 2.24) is 4.90 Å². The average molecular weight is 414 g/mol. The number of benzene rings is 2. The number of carbonyl (C=O) groups is 2. The minimum absolute atomic E-state index is 0.151. The summed E-state index contributed by atoms with van der Waals surface area (Å²) in [5, 5.41) is 19.5. The number of para-hydroxylation sites is 1. The van der Waals surface area contributed by atoms with Crippen LogP contribution in [0.5, 0.6) is 17.2 Å². The van der Waals surface area contributed by atoms with Gasteiger partial charge in [-0.25, -0.2) is 4.99 Å². The first kappa shape index (κ1) is 20.3. The van der Waals surface area contributed by atoms with Crippen LogP contribution in [0.25, 0.3) is 6.08 Å². The first-order valence-corrected chi connectivity index (χ1v) is 9.26. The molecule has 1 amide bonds. The fourth-order valence-electron chi connectivity index (χ4n) is 2.63. The summed E-state index contributed by atoms with van der Waals surface area (Å²) < 4.78 is 10.3. The number of hydrogen-bond acceptors (Lipinski definition) is 7. The molecule has 3 rings (SSSR count). The van der Waals surface area contributed by atoms with Crippen molar-refractivity contribution in [3.05, 3.63) is 52.9 Å². The van der Waals surface area contributed by atoms with E-state index in [1.807, 2.05) is 6.07 Å². The standard InChI is InChI=1S/C20H18N2O6S/c1-27-14-8-12(9-15(28-2)18(14)25)10-16-19(26)22(11-17(23)24)20(29-16)21-13-6-4-3-5-7-13/h3-10,25H,11H2,1-2H3,(H,23,24)/b16-10-,21-20-. The number of carbonyl (C=O) groups excluding carboxylic acids is 1. The molecule has 29 heavy (non-hydrogen) atoms. The number of phenols is 1. The maximum atomic E-state index is 12.8. The number of aliphatic imine (C=N–C) groups is 1. The molecule has 150 valence electrons. The fourth-order valence-corrected chi connectivity index (χ4v) is 3.63. The molecule has 1 saturated heterocycles. The molecule has 0 aromatic heterocycles. The van der Waals surface area contributed by atoms with E-state index >= 15 is 0 Å². The van der Waals surface area contributed by atoms with Gasteiger partial charge in [-0.15, -0.1) is 0 Å². The Morgan fingerprint density at radius 2 is 1.79 bits per heavy atom. The van der Waals surface area contributed by atoms with Gasteiger partial charge in [0.15, 0.2) is 16.7 Å². The van der Waals surface area contributed by atoms with Crippen molar-refractivity contribution in [2.24, 2.45) is 4.99 Å². The van der Waals surface area contributed by atoms with Crippen LogP contribution in [-0.4, -0.2) is 52.9 Å². The van der Waals surface area contributed by atoms with Gasteiger partial charge in [0.25, 0.3) is 5.91 Å². The molecule has 0 unspecified atom stereocenters. The third-order valence-corrected chi connectivity index (χ3v) is 4.97. The van der Waals surface area contributed by atoms with Gasteiger partial charge in [-0.3, -0.25) is 14.5 Å². The Balaban J connectivity index is 2.01. The lowest BCUT2D eigenvalue weighted by Crippen LogP contribution is -2.34. The summed E-state index contributed by atoms with van der Waals surface area (Å²) in [5.74, 6) is -1.40. The van der Waals surface area contributed by atoms with E-state index in [1.165, 1.54) is 14.2 Å². The SMILES string of the molecule is COc1cc(/C=C2\S/C(=N\c3ccccc3)N(CC(=O)O)C2=O)cc(OC)c1O. The summed E-state index contributed by atoms with van der Waals surface area (Å²) in [6.07, 6.45) is 1.57. The van der Waals surface area contributed by atoms with Gasteiger partial charge in [-0.05, 0) is 47.7 Å². The molecule has 8 nitrogen and oxygen atoms in total. The van der Waals surface area contributed by atoms with Crippen LogP contribution in [0.2, 0.25) is 0 Å². The number of phenolic OH excluding ortho intramolecular Hbond substituents is 1. The first-order chi connectivity index (χ1) is 13.9. The number of rotatable bonds is 6. The molecule has 1 fully saturated rings. The highest BCUT2D eigenvalue weighted by atomic mass is 32.2. The second-order valence-electron chi connectivity index (χ2n) is 5.90. The second kappa shape index (κ2) is 8.70. The van der Waals surface area contributed by atoms with E-state index < -0.39 is 18.4 Å². The first-order valence-electron chi connectivity index (χ1n) is 8.45. The van der Waals surface area contributed by atoms with Crippen LogP contribution in [-0.2, 0) is 9.59 Å². The van der Waals surface area contributed by atoms with Crippen LogP contribution >= 0.6 is 11.8 Å². The third kappa shape index (κ3) is 4.52. The number of aromatic hydroxyl groups is 1. The van der Waals surface area contributed by atoms with E-state index in [9.17, 15) is 19.8 Å². The molecule has 9 heteroatoms. The maximum Gasteiger partial charge on any atom is 0.323 e. The zero-order valence-corrected chi connectivity index (χ0v) is 16.5. The number of nitrogens with zero attached hydrogens (tertiary/aromatic N) is 2. The Hall–Kier alpha value is -3.46. The van der Waals surface area contributed by atoms with Crippen molar-refractivity contribution in [3.63, 3.8) is 0 Å². The lowest BCUT2D eigenvalue weighted by Gasteiger charge is -2.12. The van der Waals surface area contributed by atoms with Gasteiger partial charge >= 0.3 is 5.97 Å². The molecule has 1 aliphatic heterocycles. The number of methoxy groups -OCH3 is 2. The van der Waals surface area contributed by atoms with Crippen LogP contribution in [0.1, 0.15) is 5.56 Å². The van der Waals surface area contributed by atoms with E-state index in [0.717, 1.165) is 16.7 Å². The summed E-state index contributed by atoms with van der Waals surface area (Å²) >= 11 is 1.07. The van der Waals surface area contributed by atoms with Gasteiger partial charge in [0.1, 0.15) is 6.54 Å². The molecular formula is C20H18N2O6S. The molecule has 0 radical (unpaired) electrons. The number of thioether (sulfide) groups is 1. The monoisotopic (exact) mass is 414 g/mol. The topological polar surface area (TPSA) is 109 Å². The highest BCUT2D eigenvalue weighted by Crippen LogP contribution is 2.39. The zero-order valence-electron chi connectivity index (χ0n) is 15.7. The summed E-state index contributed by atoms with van der Waals surface area (Å²) in [5.41, 5.74) is 1.15. The molecule has 0 atom stereocenters. The number of aliphatic carboxylic acids is 1. The van der Waals surface area contributed by atoms with Crippen molar-refractivity contribution in [2.45, 2.75) is 0 Å². The third-order valence-electron chi connectivity index (χ3n) is 3.96. The maximum absolute atomic E-state index is 12.8. The predicted octanol–water partition coefficient (Wildman–Crippen LogP) is 3.10. The second-order valence-corrected chi connectivity index (χ2v) is 6.91. The fraction of sp³-hybridized carbons (Fsp3) is 0.150. The normalized spacial score (nSPS) is 16.5. The number of carboxylic acids is 1. The Morgan fingerprint density at radius 1 is 1.17 bits per heavy atom. The minimum atomic E-state index is -1.14. The summed E-state index contributed by atoms with van der Waals surface area (Å²) in [4.78, 5) is 29.8. The Morgan fingerprint density at radius 3 is 2.34 bits per heavy atom. The quantitative estimate of drug-likeness (QED) is 0.699. The van der Waals surface area contributed by atoms with Crippen molar-refractivity contribution >= 4 is 40.6 Å². The van der Waals surface area contributed by atoms with Crippen LogP contribution in [0.4, 0.5) is 5.69 Å². The Kier molecular flexibility index (Phi) is 6.08. The number of carboxylic acid groups (broad SMARTS) is 1. The molecule has 0 bridgehead atoms. The molecule has 0 spiro atoms. The lowest BCUT2D eigenvalue weighted by atomic mass is 10.1. The van der Waals surface area contributed by atoms with E-state index in [0.29, 0.717) is 11.3 Å². The molecule has 2 aromatic carbocycles. The molecule has 0 saturated carbocycles. The van der Waals surface area contributed by atoms with Crippen molar-refractivity contribution in [1.29, 1.82) is 0 Å². The lowest BCUT2D eigenvalue weighted by molar-refractivity contribution is -0.140. The van der Waals surface area contributed by atoms with Gasteiger partial charge in [0.05, 0.1) is 24.8 Å². The van der Waals surface area contributed by atoms with E-state index in [4.69, 9.17) is 9.47 Å². The Labute approximate surface area is 171 Å². The van der Waals surface area contributed by atoms with Crippen molar-refractivity contribution < 1.29 is 29.3 Å². The molecule has 2 N–H and O–H groups in total. The molecular weight excluding hydrogens is 396 g/mol. The van der Waals surface area contributed by atoms with Crippen LogP contribution in [0.15, 0.2) is 52.4 Å². The van der Waals surface area contributed by atoms with E-state index in [2.05, 4.69) is 4.99 Å². The van der Waals surface area contributed by atoms with Crippen LogP contribution in [0.3, 0.4) is 0 Å². The van der Waals surface area contributed by atoms with E-state index in [-0.39, 0.29) is 27.3 Å². The number of ether oxygens (including phenoxy) is 2. The molecule has 1 aliphatic rings.